The van der Waals surface area contributed by atoms with Crippen molar-refractivity contribution in [3.05, 3.63) is 20.8 Å². The van der Waals surface area contributed by atoms with Crippen LogP contribution in [0.25, 0.3) is 10.2 Å². The van der Waals surface area contributed by atoms with Gasteiger partial charge in [0.2, 0.25) is 0 Å². The van der Waals surface area contributed by atoms with Gasteiger partial charge in [-0.05, 0) is 33.3 Å². The van der Waals surface area contributed by atoms with Gasteiger partial charge in [-0.2, -0.15) is 0 Å². The molecule has 108 valence electrons. The van der Waals surface area contributed by atoms with E-state index in [0.29, 0.717) is 21.1 Å². The van der Waals surface area contributed by atoms with Crippen LogP contribution in [0.15, 0.2) is 9.95 Å². The highest BCUT2D eigenvalue weighted by Gasteiger charge is 2.27. The first-order valence-electron chi connectivity index (χ1n) is 6.08. The van der Waals surface area contributed by atoms with Gasteiger partial charge in [-0.1, -0.05) is 11.8 Å². The summed E-state index contributed by atoms with van der Waals surface area (Å²) < 4.78 is 0. The van der Waals surface area contributed by atoms with Gasteiger partial charge < -0.3 is 10.1 Å². The zero-order valence-corrected chi connectivity index (χ0v) is 13.4. The third kappa shape index (κ3) is 2.73. The molecule has 0 aliphatic carbocycles. The van der Waals surface area contributed by atoms with Crippen molar-refractivity contribution in [1.82, 2.24) is 9.97 Å². The molecule has 0 aliphatic heterocycles. The van der Waals surface area contributed by atoms with E-state index in [2.05, 4.69) is 9.97 Å². The molecule has 0 aliphatic rings. The molecule has 0 atom stereocenters. The number of carbonyl (C=O) groups is 1. The van der Waals surface area contributed by atoms with E-state index in [-0.39, 0.29) is 5.56 Å². The minimum Gasteiger partial charge on any atom is -0.481 e. The Hall–Kier alpha value is -1.34. The second kappa shape index (κ2) is 5.21. The molecule has 7 heteroatoms. The van der Waals surface area contributed by atoms with Crippen LogP contribution in [0.4, 0.5) is 0 Å². The van der Waals surface area contributed by atoms with E-state index in [1.54, 1.807) is 13.8 Å². The first-order chi connectivity index (χ1) is 9.22. The summed E-state index contributed by atoms with van der Waals surface area (Å²) in [5, 5.41) is 10.2. The van der Waals surface area contributed by atoms with Crippen LogP contribution in [-0.2, 0) is 4.79 Å². The zero-order chi connectivity index (χ0) is 15.1. The first kappa shape index (κ1) is 15.1. The molecule has 2 rings (SSSR count). The summed E-state index contributed by atoms with van der Waals surface area (Å²) in [4.78, 5) is 32.1. The van der Waals surface area contributed by atoms with Crippen LogP contribution < -0.4 is 5.56 Å². The van der Waals surface area contributed by atoms with E-state index >= 15 is 0 Å². The second-order valence-electron chi connectivity index (χ2n) is 5.31. The summed E-state index contributed by atoms with van der Waals surface area (Å²) in [5.41, 5.74) is -0.0620. The number of aromatic amines is 1. The smallest absolute Gasteiger partial charge is 0.309 e. The van der Waals surface area contributed by atoms with E-state index in [1.165, 1.54) is 23.1 Å². The molecule has 0 amide bonds. The highest BCUT2D eigenvalue weighted by atomic mass is 32.2. The molecule has 2 aromatic rings. The second-order valence-corrected chi connectivity index (χ2v) is 7.48. The van der Waals surface area contributed by atoms with Gasteiger partial charge in [0.25, 0.3) is 5.56 Å². The van der Waals surface area contributed by atoms with Crippen molar-refractivity contribution >= 4 is 39.3 Å². The number of thiophene rings is 1. The zero-order valence-electron chi connectivity index (χ0n) is 11.7. The lowest BCUT2D eigenvalue weighted by Gasteiger charge is -2.17. The monoisotopic (exact) mass is 312 g/mol. The molecule has 2 heterocycles. The number of rotatable bonds is 4. The quantitative estimate of drug-likeness (QED) is 0.670. The van der Waals surface area contributed by atoms with Gasteiger partial charge in [0.1, 0.15) is 4.83 Å². The van der Waals surface area contributed by atoms with Crippen molar-refractivity contribution in [3.8, 4) is 0 Å². The average molecular weight is 312 g/mol. The SMILES string of the molecule is Cc1sc2nc(SCC(C)(C)C(=O)O)[nH]c(=O)c2c1C. The van der Waals surface area contributed by atoms with Crippen LogP contribution >= 0.6 is 23.1 Å². The maximum absolute atomic E-state index is 12.1. The Morgan fingerprint density at radius 2 is 2.10 bits per heavy atom. The summed E-state index contributed by atoms with van der Waals surface area (Å²) >= 11 is 2.74. The van der Waals surface area contributed by atoms with E-state index in [1.807, 2.05) is 13.8 Å². The molecular formula is C13H16N2O3S2. The molecule has 0 bridgehead atoms. The Morgan fingerprint density at radius 3 is 2.70 bits per heavy atom. The Bertz CT molecular complexity index is 731. The molecule has 2 aromatic heterocycles. The first-order valence-corrected chi connectivity index (χ1v) is 7.89. The van der Waals surface area contributed by atoms with Crippen molar-refractivity contribution in [2.75, 3.05) is 5.75 Å². The highest BCUT2D eigenvalue weighted by molar-refractivity contribution is 7.99. The fourth-order valence-electron chi connectivity index (χ4n) is 1.61. The Kier molecular flexibility index (Phi) is 3.93. The Morgan fingerprint density at radius 1 is 1.45 bits per heavy atom. The number of aliphatic carboxylic acids is 1. The maximum atomic E-state index is 12.1. The lowest BCUT2D eigenvalue weighted by Crippen LogP contribution is -2.26. The molecule has 0 unspecified atom stereocenters. The number of nitrogens with one attached hydrogen (secondary N) is 1. The lowest BCUT2D eigenvalue weighted by atomic mass is 9.97. The average Bonchev–Trinajstić information content (AvgIpc) is 2.63. The third-order valence-corrected chi connectivity index (χ3v) is 5.60. The van der Waals surface area contributed by atoms with E-state index in [0.717, 1.165) is 10.4 Å². The molecule has 0 fully saturated rings. The van der Waals surface area contributed by atoms with Crippen LogP contribution in [0.3, 0.4) is 0 Å². The lowest BCUT2D eigenvalue weighted by molar-refractivity contribution is -0.145. The fraction of sp³-hybridized carbons (Fsp3) is 0.462. The van der Waals surface area contributed by atoms with Crippen molar-refractivity contribution in [3.63, 3.8) is 0 Å². The number of hydrogen-bond donors (Lipinski definition) is 2. The van der Waals surface area contributed by atoms with Crippen LogP contribution in [-0.4, -0.2) is 26.8 Å². The number of carboxylic acid groups (broad SMARTS) is 1. The molecular weight excluding hydrogens is 296 g/mol. The summed E-state index contributed by atoms with van der Waals surface area (Å²) in [5.74, 6) is -0.517. The molecule has 2 N–H and O–H groups in total. The standard InChI is InChI=1S/C13H16N2O3S2/c1-6-7(2)20-10-8(6)9(16)14-12(15-10)19-5-13(3,4)11(17)18/h5H2,1-4H3,(H,17,18)(H,14,15,16). The van der Waals surface area contributed by atoms with Gasteiger partial charge >= 0.3 is 5.97 Å². The Balaban J connectivity index is 2.33. The summed E-state index contributed by atoms with van der Waals surface area (Å²) in [7, 11) is 0. The number of thioether (sulfide) groups is 1. The van der Waals surface area contributed by atoms with E-state index in [9.17, 15) is 9.59 Å². The van der Waals surface area contributed by atoms with Gasteiger partial charge in [-0.15, -0.1) is 11.3 Å². The predicted octanol–water partition coefficient (Wildman–Crippen LogP) is 2.80. The number of aromatic nitrogens is 2. The van der Waals surface area contributed by atoms with Gasteiger partial charge in [0, 0.05) is 10.6 Å². The van der Waals surface area contributed by atoms with Gasteiger partial charge in [0.05, 0.1) is 10.8 Å². The van der Waals surface area contributed by atoms with Gasteiger partial charge in [0.15, 0.2) is 5.16 Å². The molecule has 0 spiro atoms. The maximum Gasteiger partial charge on any atom is 0.309 e. The van der Waals surface area contributed by atoms with Crippen LogP contribution in [0, 0.1) is 19.3 Å². The number of nitrogens with zero attached hydrogens (tertiary/aromatic N) is 1. The van der Waals surface area contributed by atoms with Gasteiger partial charge in [-0.25, -0.2) is 4.98 Å². The number of H-pyrrole nitrogens is 1. The van der Waals surface area contributed by atoms with Crippen LogP contribution in [0.5, 0.6) is 0 Å². The topological polar surface area (TPSA) is 83.0 Å². The largest absolute Gasteiger partial charge is 0.481 e. The van der Waals surface area contributed by atoms with Crippen molar-refractivity contribution in [2.24, 2.45) is 5.41 Å². The molecule has 0 radical (unpaired) electrons. The van der Waals surface area contributed by atoms with Crippen molar-refractivity contribution in [1.29, 1.82) is 0 Å². The van der Waals surface area contributed by atoms with E-state index < -0.39 is 11.4 Å². The normalized spacial score (nSPS) is 12.0. The summed E-state index contributed by atoms with van der Waals surface area (Å²) in [6.45, 7) is 7.17. The third-order valence-electron chi connectivity index (χ3n) is 3.17. The van der Waals surface area contributed by atoms with Crippen LogP contribution in [0.1, 0.15) is 24.3 Å². The van der Waals surface area contributed by atoms with Crippen molar-refractivity contribution < 1.29 is 9.90 Å². The number of carboxylic acids is 1. The fourth-order valence-corrected chi connectivity index (χ4v) is 3.64. The molecule has 5 nitrogen and oxygen atoms in total. The number of fused-ring (bicyclic) bond motifs is 1. The van der Waals surface area contributed by atoms with Crippen molar-refractivity contribution in [2.45, 2.75) is 32.9 Å². The molecule has 0 saturated heterocycles. The van der Waals surface area contributed by atoms with Gasteiger partial charge in [-0.3, -0.25) is 9.59 Å². The molecule has 20 heavy (non-hydrogen) atoms. The Labute approximate surface area is 124 Å². The minimum atomic E-state index is -0.865. The molecule has 0 saturated carbocycles. The van der Waals surface area contributed by atoms with Crippen LogP contribution in [0.2, 0.25) is 0 Å². The minimum absolute atomic E-state index is 0.160. The number of hydrogen-bond acceptors (Lipinski definition) is 5. The summed E-state index contributed by atoms with van der Waals surface area (Å²) in [6, 6.07) is 0. The molecule has 0 aromatic carbocycles. The highest BCUT2D eigenvalue weighted by Crippen LogP contribution is 2.29. The predicted molar refractivity (Wildman–Crippen MR) is 81.9 cm³/mol. The summed E-state index contributed by atoms with van der Waals surface area (Å²) in [6.07, 6.45) is 0. The number of aryl methyl sites for hydroxylation is 2. The van der Waals surface area contributed by atoms with E-state index in [4.69, 9.17) is 5.11 Å².